The molecule has 0 saturated heterocycles. The predicted octanol–water partition coefficient (Wildman–Crippen LogP) is 2.24. The molecule has 0 unspecified atom stereocenters. The first-order valence-corrected chi connectivity index (χ1v) is 7.64. The molecule has 0 aliphatic heterocycles. The second-order valence-electron chi connectivity index (χ2n) is 6.11. The van der Waals surface area contributed by atoms with E-state index >= 15 is 0 Å². The number of carbonyl (C=O) groups excluding carboxylic acids is 1. The van der Waals surface area contributed by atoms with E-state index in [1.165, 1.54) is 0 Å². The summed E-state index contributed by atoms with van der Waals surface area (Å²) in [4.78, 5) is 16.4. The number of benzene rings is 1. The molecule has 1 amide bonds. The minimum absolute atomic E-state index is 0.00495. The fourth-order valence-corrected chi connectivity index (χ4v) is 2.96. The minimum Gasteiger partial charge on any atom is -0.378 e. The molecular formula is C17H22N4O. The van der Waals surface area contributed by atoms with Crippen LogP contribution in [0.5, 0.6) is 0 Å². The molecule has 5 nitrogen and oxygen atoms in total. The van der Waals surface area contributed by atoms with Gasteiger partial charge in [-0.1, -0.05) is 12.1 Å². The number of nitrogens with one attached hydrogen (secondary N) is 1. The minimum atomic E-state index is -0.00495. The number of aromatic nitrogens is 2. The highest BCUT2D eigenvalue weighted by atomic mass is 16.2. The maximum atomic E-state index is 12.6. The van der Waals surface area contributed by atoms with Crippen LogP contribution in [0.4, 0.5) is 5.69 Å². The highest BCUT2D eigenvalue weighted by molar-refractivity contribution is 5.94. The van der Waals surface area contributed by atoms with Crippen LogP contribution < -0.4 is 4.90 Å². The van der Waals surface area contributed by atoms with Crippen LogP contribution in [0.15, 0.2) is 24.3 Å². The van der Waals surface area contributed by atoms with E-state index in [1.807, 2.05) is 33.3 Å². The first-order chi connectivity index (χ1) is 10.6. The molecule has 1 aliphatic rings. The van der Waals surface area contributed by atoms with Gasteiger partial charge in [0.1, 0.15) is 0 Å². The first-order valence-electron chi connectivity index (χ1n) is 7.64. The lowest BCUT2D eigenvalue weighted by molar-refractivity contribution is 0.0778. The van der Waals surface area contributed by atoms with Crippen molar-refractivity contribution in [1.82, 2.24) is 15.1 Å². The standard InChI is InChI=1S/C17H22N4O/c1-20(2)13-7-4-6-12(10-13)11-21(3)17(22)16-14-8-5-9-15(14)18-19-16/h4,6-7,10H,5,8-9,11H2,1-3H3,(H,18,19). The molecule has 0 atom stereocenters. The number of rotatable bonds is 4. The number of anilines is 1. The van der Waals surface area contributed by atoms with Gasteiger partial charge in [0.2, 0.25) is 0 Å². The molecule has 22 heavy (non-hydrogen) atoms. The van der Waals surface area contributed by atoms with Crippen LogP contribution in [0.2, 0.25) is 0 Å². The Labute approximate surface area is 130 Å². The van der Waals surface area contributed by atoms with Crippen LogP contribution in [0.1, 0.15) is 33.7 Å². The number of hydrogen-bond donors (Lipinski definition) is 1. The highest BCUT2D eigenvalue weighted by Crippen LogP contribution is 2.24. The third kappa shape index (κ3) is 2.71. The summed E-state index contributed by atoms with van der Waals surface area (Å²) in [6, 6.07) is 8.24. The van der Waals surface area contributed by atoms with Crippen molar-refractivity contribution >= 4 is 11.6 Å². The van der Waals surface area contributed by atoms with Crippen LogP contribution in [-0.2, 0) is 19.4 Å². The lowest BCUT2D eigenvalue weighted by atomic mass is 10.1. The van der Waals surface area contributed by atoms with Gasteiger partial charge in [-0.05, 0) is 37.0 Å². The zero-order chi connectivity index (χ0) is 15.7. The number of amides is 1. The van der Waals surface area contributed by atoms with Gasteiger partial charge in [-0.3, -0.25) is 9.89 Å². The Morgan fingerprint density at radius 3 is 2.86 bits per heavy atom. The number of carbonyl (C=O) groups is 1. The quantitative estimate of drug-likeness (QED) is 0.942. The van der Waals surface area contributed by atoms with Crippen molar-refractivity contribution < 1.29 is 4.79 Å². The topological polar surface area (TPSA) is 52.2 Å². The van der Waals surface area contributed by atoms with Gasteiger partial charge in [0.15, 0.2) is 5.69 Å². The molecule has 1 aliphatic carbocycles. The van der Waals surface area contributed by atoms with E-state index < -0.39 is 0 Å². The van der Waals surface area contributed by atoms with E-state index in [0.717, 1.165) is 41.8 Å². The third-order valence-corrected chi connectivity index (χ3v) is 4.20. The Hall–Kier alpha value is -2.30. The van der Waals surface area contributed by atoms with Gasteiger partial charge in [-0.25, -0.2) is 0 Å². The van der Waals surface area contributed by atoms with Crippen molar-refractivity contribution in [1.29, 1.82) is 0 Å². The molecule has 0 radical (unpaired) electrons. The number of aromatic amines is 1. The molecule has 2 aromatic rings. The zero-order valence-corrected chi connectivity index (χ0v) is 13.4. The Morgan fingerprint density at radius 2 is 2.09 bits per heavy atom. The van der Waals surface area contributed by atoms with E-state index in [2.05, 4.69) is 27.2 Å². The van der Waals surface area contributed by atoms with Crippen molar-refractivity contribution in [3.05, 3.63) is 46.8 Å². The molecule has 1 aromatic carbocycles. The molecule has 0 bridgehead atoms. The van der Waals surface area contributed by atoms with E-state index in [4.69, 9.17) is 0 Å². The third-order valence-electron chi connectivity index (χ3n) is 4.20. The normalized spacial score (nSPS) is 13.0. The van der Waals surface area contributed by atoms with Crippen molar-refractivity contribution in [2.45, 2.75) is 25.8 Å². The highest BCUT2D eigenvalue weighted by Gasteiger charge is 2.25. The van der Waals surface area contributed by atoms with Gasteiger partial charge in [-0.2, -0.15) is 5.10 Å². The Kier molecular flexibility index (Phi) is 3.88. The van der Waals surface area contributed by atoms with Gasteiger partial charge in [0.05, 0.1) is 0 Å². The first kappa shape index (κ1) is 14.6. The molecule has 0 fully saturated rings. The SMILES string of the molecule is CN(Cc1cccc(N(C)C)c1)C(=O)c1n[nH]c2c1CCC2. The lowest BCUT2D eigenvalue weighted by Gasteiger charge is -2.18. The number of aryl methyl sites for hydroxylation is 1. The maximum Gasteiger partial charge on any atom is 0.274 e. The fraction of sp³-hybridized carbons (Fsp3) is 0.412. The number of H-pyrrole nitrogens is 1. The lowest BCUT2D eigenvalue weighted by Crippen LogP contribution is -2.27. The van der Waals surface area contributed by atoms with Crippen LogP contribution in [-0.4, -0.2) is 42.1 Å². The van der Waals surface area contributed by atoms with Crippen molar-refractivity contribution in [2.75, 3.05) is 26.0 Å². The molecule has 0 saturated carbocycles. The largest absolute Gasteiger partial charge is 0.378 e. The smallest absolute Gasteiger partial charge is 0.274 e. The molecule has 1 heterocycles. The summed E-state index contributed by atoms with van der Waals surface area (Å²) in [5.74, 6) is -0.00495. The molecule has 1 N–H and O–H groups in total. The van der Waals surface area contributed by atoms with Gasteiger partial charge >= 0.3 is 0 Å². The second kappa shape index (κ2) is 5.83. The summed E-state index contributed by atoms with van der Waals surface area (Å²) in [7, 11) is 5.86. The molecule has 0 spiro atoms. The molecule has 116 valence electrons. The van der Waals surface area contributed by atoms with Crippen LogP contribution in [0.25, 0.3) is 0 Å². The molecular weight excluding hydrogens is 276 g/mol. The average Bonchev–Trinajstić information content (AvgIpc) is 3.09. The van der Waals surface area contributed by atoms with E-state index in [-0.39, 0.29) is 5.91 Å². The van der Waals surface area contributed by atoms with Crippen molar-refractivity contribution in [2.24, 2.45) is 0 Å². The van der Waals surface area contributed by atoms with Gasteiger partial charge in [0.25, 0.3) is 5.91 Å². The Morgan fingerprint density at radius 1 is 1.27 bits per heavy atom. The second-order valence-corrected chi connectivity index (χ2v) is 6.11. The summed E-state index contributed by atoms with van der Waals surface area (Å²) in [5.41, 5.74) is 5.09. The number of hydrogen-bond acceptors (Lipinski definition) is 3. The van der Waals surface area contributed by atoms with Gasteiger partial charge < -0.3 is 9.80 Å². The summed E-state index contributed by atoms with van der Waals surface area (Å²) >= 11 is 0. The van der Waals surface area contributed by atoms with Gasteiger partial charge in [-0.15, -0.1) is 0 Å². The summed E-state index contributed by atoms with van der Waals surface area (Å²) < 4.78 is 0. The van der Waals surface area contributed by atoms with Crippen molar-refractivity contribution in [3.8, 4) is 0 Å². The summed E-state index contributed by atoms with van der Waals surface area (Å²) in [6.07, 6.45) is 3.07. The summed E-state index contributed by atoms with van der Waals surface area (Å²) in [6.45, 7) is 0.585. The summed E-state index contributed by atoms with van der Waals surface area (Å²) in [5, 5.41) is 7.23. The Balaban J connectivity index is 1.75. The van der Waals surface area contributed by atoms with E-state index in [0.29, 0.717) is 12.2 Å². The predicted molar refractivity (Wildman–Crippen MR) is 87.2 cm³/mol. The molecule has 3 rings (SSSR count). The average molecular weight is 298 g/mol. The maximum absolute atomic E-state index is 12.6. The molecule has 5 heteroatoms. The molecule has 1 aromatic heterocycles. The number of fused-ring (bicyclic) bond motifs is 1. The van der Waals surface area contributed by atoms with Crippen LogP contribution in [0, 0.1) is 0 Å². The van der Waals surface area contributed by atoms with E-state index in [1.54, 1.807) is 4.90 Å². The van der Waals surface area contributed by atoms with Crippen LogP contribution in [0.3, 0.4) is 0 Å². The van der Waals surface area contributed by atoms with Gasteiger partial charge in [0, 0.05) is 44.6 Å². The fourth-order valence-electron chi connectivity index (χ4n) is 2.96. The number of nitrogens with zero attached hydrogens (tertiary/aromatic N) is 3. The van der Waals surface area contributed by atoms with Crippen molar-refractivity contribution in [3.63, 3.8) is 0 Å². The zero-order valence-electron chi connectivity index (χ0n) is 13.4. The van der Waals surface area contributed by atoms with Crippen LogP contribution >= 0.6 is 0 Å². The monoisotopic (exact) mass is 298 g/mol. The van der Waals surface area contributed by atoms with E-state index in [9.17, 15) is 4.79 Å². The Bertz CT molecular complexity index is 690.